The van der Waals surface area contributed by atoms with Crippen molar-refractivity contribution in [1.82, 2.24) is 19.2 Å². The Kier molecular flexibility index (Phi) is 4.73. The van der Waals surface area contributed by atoms with Crippen LogP contribution in [0.1, 0.15) is 35.6 Å². The Morgan fingerprint density at radius 1 is 1.16 bits per heavy atom. The summed E-state index contributed by atoms with van der Waals surface area (Å²) in [6.45, 7) is 7.52. The molecule has 136 valence electrons. The van der Waals surface area contributed by atoms with Gasteiger partial charge in [-0.3, -0.25) is 9.20 Å². The number of hydrogen-bond acceptors (Lipinski definition) is 3. The highest BCUT2D eigenvalue weighted by Gasteiger charge is 2.32. The lowest BCUT2D eigenvalue weighted by molar-refractivity contribution is -0.137. The quantitative estimate of drug-likeness (QED) is 0.851. The Hall–Kier alpha value is -2.09. The molecule has 0 aliphatic carbocycles. The minimum Gasteiger partial charge on any atom is -0.335 e. The van der Waals surface area contributed by atoms with E-state index in [1.807, 2.05) is 6.92 Å². The molecule has 0 saturated carbocycles. The zero-order valence-corrected chi connectivity index (χ0v) is 14.3. The van der Waals surface area contributed by atoms with Crippen LogP contribution in [0.15, 0.2) is 18.3 Å². The minimum absolute atomic E-state index is 0.244. The molecule has 8 heteroatoms. The van der Waals surface area contributed by atoms with Crippen LogP contribution in [0.3, 0.4) is 0 Å². The summed E-state index contributed by atoms with van der Waals surface area (Å²) in [7, 11) is 0. The fraction of sp³-hybridized carbons (Fsp3) is 0.529. The van der Waals surface area contributed by atoms with Gasteiger partial charge < -0.3 is 9.80 Å². The second kappa shape index (κ2) is 6.67. The molecule has 1 amide bonds. The van der Waals surface area contributed by atoms with Crippen molar-refractivity contribution in [2.24, 2.45) is 0 Å². The number of aryl methyl sites for hydroxylation is 1. The van der Waals surface area contributed by atoms with Crippen LogP contribution in [0.4, 0.5) is 13.2 Å². The van der Waals surface area contributed by atoms with Crippen molar-refractivity contribution >= 4 is 11.6 Å². The van der Waals surface area contributed by atoms with Gasteiger partial charge in [0.25, 0.3) is 5.91 Å². The van der Waals surface area contributed by atoms with E-state index in [1.54, 1.807) is 4.90 Å². The van der Waals surface area contributed by atoms with Gasteiger partial charge in [0.1, 0.15) is 11.3 Å². The van der Waals surface area contributed by atoms with Gasteiger partial charge in [-0.2, -0.15) is 13.2 Å². The van der Waals surface area contributed by atoms with Crippen molar-refractivity contribution in [2.75, 3.05) is 32.7 Å². The molecule has 0 aromatic carbocycles. The SMILES string of the molecule is CCc1nc2ccc(C(F)(F)F)cn2c1C(=O)N1CCN(CC)CC1. The fourth-order valence-electron chi connectivity index (χ4n) is 3.15. The van der Waals surface area contributed by atoms with Gasteiger partial charge in [-0.25, -0.2) is 4.98 Å². The average Bonchev–Trinajstić information content (AvgIpc) is 2.98. The van der Waals surface area contributed by atoms with E-state index >= 15 is 0 Å². The van der Waals surface area contributed by atoms with Crippen molar-refractivity contribution in [3.05, 3.63) is 35.3 Å². The smallest absolute Gasteiger partial charge is 0.335 e. The molecular weight excluding hydrogens is 333 g/mol. The highest BCUT2D eigenvalue weighted by molar-refractivity contribution is 5.95. The molecular formula is C17H21F3N4O. The van der Waals surface area contributed by atoms with Gasteiger partial charge in [0.2, 0.25) is 0 Å². The number of likely N-dealkylation sites (N-methyl/N-ethyl adjacent to an activating group) is 1. The number of halogens is 3. The second-order valence-corrected chi connectivity index (χ2v) is 6.13. The summed E-state index contributed by atoms with van der Waals surface area (Å²) < 4.78 is 40.4. The second-order valence-electron chi connectivity index (χ2n) is 6.13. The predicted molar refractivity (Wildman–Crippen MR) is 87.6 cm³/mol. The molecule has 1 aliphatic heterocycles. The molecule has 0 spiro atoms. The molecule has 2 aromatic rings. The van der Waals surface area contributed by atoms with Gasteiger partial charge in [0.05, 0.1) is 11.3 Å². The summed E-state index contributed by atoms with van der Waals surface area (Å²) in [5.74, 6) is -0.251. The highest BCUT2D eigenvalue weighted by Crippen LogP contribution is 2.30. The van der Waals surface area contributed by atoms with E-state index in [2.05, 4.69) is 16.8 Å². The Bertz CT molecular complexity index is 776. The van der Waals surface area contributed by atoms with E-state index < -0.39 is 11.7 Å². The third-order valence-electron chi connectivity index (χ3n) is 4.66. The first-order valence-electron chi connectivity index (χ1n) is 8.45. The molecule has 25 heavy (non-hydrogen) atoms. The van der Waals surface area contributed by atoms with Gasteiger partial charge in [0, 0.05) is 32.4 Å². The first-order valence-corrected chi connectivity index (χ1v) is 8.45. The lowest BCUT2D eigenvalue weighted by atomic mass is 10.2. The predicted octanol–water partition coefficient (Wildman–Crippen LogP) is 2.69. The van der Waals surface area contributed by atoms with E-state index in [9.17, 15) is 18.0 Å². The molecule has 0 N–H and O–H groups in total. The largest absolute Gasteiger partial charge is 0.417 e. The van der Waals surface area contributed by atoms with E-state index in [-0.39, 0.29) is 11.6 Å². The van der Waals surface area contributed by atoms with Crippen molar-refractivity contribution in [2.45, 2.75) is 26.4 Å². The van der Waals surface area contributed by atoms with Crippen LogP contribution in [-0.2, 0) is 12.6 Å². The van der Waals surface area contributed by atoms with Gasteiger partial charge in [-0.1, -0.05) is 13.8 Å². The van der Waals surface area contributed by atoms with Crippen molar-refractivity contribution in [3.63, 3.8) is 0 Å². The van der Waals surface area contributed by atoms with Crippen LogP contribution in [0, 0.1) is 0 Å². The number of hydrogen-bond donors (Lipinski definition) is 0. The average molecular weight is 354 g/mol. The van der Waals surface area contributed by atoms with E-state index in [0.717, 1.165) is 31.9 Å². The topological polar surface area (TPSA) is 40.9 Å². The van der Waals surface area contributed by atoms with Crippen LogP contribution in [0.5, 0.6) is 0 Å². The van der Waals surface area contributed by atoms with Crippen LogP contribution in [0.2, 0.25) is 0 Å². The first-order chi connectivity index (χ1) is 11.8. The number of piperazine rings is 1. The Morgan fingerprint density at radius 3 is 2.40 bits per heavy atom. The van der Waals surface area contributed by atoms with Crippen molar-refractivity contribution in [3.8, 4) is 0 Å². The van der Waals surface area contributed by atoms with Crippen molar-refractivity contribution < 1.29 is 18.0 Å². The maximum atomic E-state index is 13.0. The number of alkyl halides is 3. The van der Waals surface area contributed by atoms with Crippen LogP contribution in [0.25, 0.3) is 5.65 Å². The standard InChI is InChI=1S/C17H21F3N4O/c1-3-13-15(16(25)23-9-7-22(4-2)8-10-23)24-11-12(17(18,19)20)5-6-14(24)21-13/h5-6,11H,3-4,7-10H2,1-2H3. The van der Waals surface area contributed by atoms with Crippen LogP contribution in [-0.4, -0.2) is 57.8 Å². The number of pyridine rings is 1. The zero-order chi connectivity index (χ0) is 18.2. The maximum absolute atomic E-state index is 13.0. The monoisotopic (exact) mass is 354 g/mol. The number of aromatic nitrogens is 2. The summed E-state index contributed by atoms with van der Waals surface area (Å²) in [4.78, 5) is 21.3. The highest BCUT2D eigenvalue weighted by atomic mass is 19.4. The Balaban J connectivity index is 2.00. The summed E-state index contributed by atoms with van der Waals surface area (Å²) in [5.41, 5.74) is 0.348. The molecule has 2 aromatic heterocycles. The van der Waals surface area contributed by atoms with Crippen LogP contribution >= 0.6 is 0 Å². The normalized spacial score (nSPS) is 16.6. The number of fused-ring (bicyclic) bond motifs is 1. The van der Waals surface area contributed by atoms with E-state index in [4.69, 9.17) is 0 Å². The summed E-state index contributed by atoms with van der Waals surface area (Å²) in [5, 5.41) is 0. The van der Waals surface area contributed by atoms with E-state index in [1.165, 1.54) is 10.5 Å². The first kappa shape index (κ1) is 17.7. The van der Waals surface area contributed by atoms with Gasteiger partial charge in [0.15, 0.2) is 0 Å². The van der Waals surface area contributed by atoms with Crippen LogP contribution < -0.4 is 0 Å². The molecule has 1 aliphatic rings. The Morgan fingerprint density at radius 2 is 1.84 bits per heavy atom. The molecule has 1 saturated heterocycles. The number of nitrogens with zero attached hydrogens (tertiary/aromatic N) is 4. The lowest BCUT2D eigenvalue weighted by Crippen LogP contribution is -2.48. The number of amides is 1. The third kappa shape index (κ3) is 3.35. The minimum atomic E-state index is -4.46. The molecule has 5 nitrogen and oxygen atoms in total. The number of carbonyl (C=O) groups excluding carboxylic acids is 1. The molecule has 3 rings (SSSR count). The number of imidazole rings is 1. The van der Waals surface area contributed by atoms with Crippen molar-refractivity contribution in [1.29, 1.82) is 0 Å². The third-order valence-corrected chi connectivity index (χ3v) is 4.66. The zero-order valence-electron chi connectivity index (χ0n) is 14.3. The molecule has 1 fully saturated rings. The molecule has 0 bridgehead atoms. The van der Waals surface area contributed by atoms with Gasteiger partial charge in [-0.05, 0) is 25.1 Å². The van der Waals surface area contributed by atoms with Gasteiger partial charge >= 0.3 is 6.18 Å². The molecule has 0 radical (unpaired) electrons. The number of carbonyl (C=O) groups is 1. The molecule has 0 atom stereocenters. The molecule has 0 unspecified atom stereocenters. The Labute approximate surface area is 144 Å². The summed E-state index contributed by atoms with van der Waals surface area (Å²) >= 11 is 0. The maximum Gasteiger partial charge on any atom is 0.417 e. The fourth-order valence-corrected chi connectivity index (χ4v) is 3.15. The summed E-state index contributed by atoms with van der Waals surface area (Å²) in [6.07, 6.45) is -3.01. The van der Waals surface area contributed by atoms with Gasteiger partial charge in [-0.15, -0.1) is 0 Å². The molecule has 3 heterocycles. The van der Waals surface area contributed by atoms with E-state index in [0.29, 0.717) is 30.9 Å². The summed E-state index contributed by atoms with van der Waals surface area (Å²) in [6, 6.07) is 2.31. The lowest BCUT2D eigenvalue weighted by Gasteiger charge is -2.34. The number of rotatable bonds is 3.